The van der Waals surface area contributed by atoms with Gasteiger partial charge in [-0.15, -0.1) is 4.72 Å². The number of methoxy groups -OCH3 is 1. The maximum atomic E-state index is 11.7. The summed E-state index contributed by atoms with van der Waals surface area (Å²) in [6, 6.07) is 6.37. The number of amides is 1. The van der Waals surface area contributed by atoms with Gasteiger partial charge in [0.15, 0.2) is 0 Å². The van der Waals surface area contributed by atoms with Gasteiger partial charge in [0.05, 0.1) is 18.4 Å². The molecule has 0 aliphatic heterocycles. The lowest BCUT2D eigenvalue weighted by molar-refractivity contribution is 0.0975. The number of para-hydroxylation sites is 1. The van der Waals surface area contributed by atoms with Crippen molar-refractivity contribution in [1.82, 2.24) is 4.72 Å². The lowest BCUT2D eigenvalue weighted by Gasteiger charge is -2.06. The Morgan fingerprint density at radius 2 is 2.00 bits per heavy atom. The smallest absolute Gasteiger partial charge is 0.291 e. The summed E-state index contributed by atoms with van der Waals surface area (Å²) in [6.45, 7) is 1.71. The maximum absolute atomic E-state index is 11.7. The number of carbonyl (C=O) groups excluding carboxylic acids is 1. The molecule has 0 aliphatic carbocycles. The summed E-state index contributed by atoms with van der Waals surface area (Å²) in [5.41, 5.74) is 0.148. The second-order valence-corrected chi connectivity index (χ2v) is 5.14. The van der Waals surface area contributed by atoms with Crippen molar-refractivity contribution >= 4 is 15.9 Å². The van der Waals surface area contributed by atoms with Gasteiger partial charge in [-0.3, -0.25) is 4.79 Å². The van der Waals surface area contributed by atoms with E-state index in [9.17, 15) is 13.2 Å². The summed E-state index contributed by atoms with van der Waals surface area (Å²) in [6.07, 6.45) is 0.422. The molecule has 6 heteroatoms. The fourth-order valence-electron chi connectivity index (χ4n) is 1.30. The van der Waals surface area contributed by atoms with Gasteiger partial charge in [-0.25, -0.2) is 8.42 Å². The van der Waals surface area contributed by atoms with Crippen LogP contribution >= 0.6 is 0 Å². The van der Waals surface area contributed by atoms with Gasteiger partial charge in [0, 0.05) is 0 Å². The molecule has 0 bridgehead atoms. The average Bonchev–Trinajstić information content (AvgIpc) is 2.28. The van der Waals surface area contributed by atoms with Crippen LogP contribution in [0.1, 0.15) is 23.7 Å². The maximum Gasteiger partial charge on any atom is 0.291 e. The minimum Gasteiger partial charge on any atom is -0.496 e. The summed E-state index contributed by atoms with van der Waals surface area (Å²) in [5, 5.41) is 0. The number of hydrogen-bond acceptors (Lipinski definition) is 4. The van der Waals surface area contributed by atoms with Gasteiger partial charge in [0.25, 0.3) is 15.9 Å². The topological polar surface area (TPSA) is 74.5 Å². The molecule has 0 atom stereocenters. The van der Waals surface area contributed by atoms with E-state index in [4.69, 9.17) is 4.74 Å². The summed E-state index contributed by atoms with van der Waals surface area (Å²) >= 11 is 0. The first kappa shape index (κ1) is 13.5. The van der Waals surface area contributed by atoms with E-state index < -0.39 is 15.9 Å². The first-order chi connectivity index (χ1) is 8.00. The monoisotopic (exact) mass is 256 g/mol. The molecule has 0 fully saturated rings. The second-order valence-electron chi connectivity index (χ2n) is 3.38. The van der Waals surface area contributed by atoms with E-state index in [0.29, 0.717) is 12.2 Å². The van der Waals surface area contributed by atoms with Gasteiger partial charge in [-0.05, 0) is 18.6 Å². The minimum absolute atomic E-state index is 0.131. The first-order valence-corrected chi connectivity index (χ1v) is 6.74. The number of carbonyl (C=O) groups is 1. The largest absolute Gasteiger partial charge is 0.496 e. The van der Waals surface area contributed by atoms with E-state index in [0.717, 1.165) is 0 Å². The predicted molar refractivity (Wildman–Crippen MR) is 63.5 cm³/mol. The van der Waals surface area contributed by atoms with Crippen molar-refractivity contribution in [2.75, 3.05) is 12.9 Å². The molecule has 0 heterocycles. The van der Waals surface area contributed by atoms with Gasteiger partial charge in [0.2, 0.25) is 0 Å². The highest BCUT2D eigenvalue weighted by atomic mass is 32.2. The van der Waals surface area contributed by atoms with E-state index in [2.05, 4.69) is 4.72 Å². The Morgan fingerprint density at radius 3 is 2.59 bits per heavy atom. The molecule has 0 unspecified atom stereocenters. The fraction of sp³-hybridized carbons (Fsp3) is 0.364. The molecule has 5 nitrogen and oxygen atoms in total. The number of benzene rings is 1. The molecular formula is C11H14NO4S. The normalized spacial score (nSPS) is 10.9. The third-order valence-electron chi connectivity index (χ3n) is 2.02. The third kappa shape index (κ3) is 3.74. The molecular weight excluding hydrogens is 242 g/mol. The molecule has 0 spiro atoms. The Morgan fingerprint density at radius 1 is 1.35 bits per heavy atom. The Kier molecular flexibility index (Phi) is 4.51. The zero-order chi connectivity index (χ0) is 12.9. The van der Waals surface area contributed by atoms with Crippen molar-refractivity contribution in [2.45, 2.75) is 13.3 Å². The van der Waals surface area contributed by atoms with Crippen molar-refractivity contribution in [3.63, 3.8) is 0 Å². The molecule has 0 N–H and O–H groups in total. The van der Waals surface area contributed by atoms with Gasteiger partial charge < -0.3 is 4.74 Å². The van der Waals surface area contributed by atoms with E-state index in [1.54, 1.807) is 25.1 Å². The summed E-state index contributed by atoms with van der Waals surface area (Å²) in [4.78, 5) is 11.7. The van der Waals surface area contributed by atoms with Crippen molar-refractivity contribution in [1.29, 1.82) is 0 Å². The molecule has 1 aromatic rings. The Bertz CT molecular complexity index is 496. The second kappa shape index (κ2) is 5.67. The van der Waals surface area contributed by atoms with Gasteiger partial charge in [-0.1, -0.05) is 19.1 Å². The molecule has 1 radical (unpaired) electrons. The van der Waals surface area contributed by atoms with Crippen LogP contribution in [0.5, 0.6) is 5.75 Å². The minimum atomic E-state index is -3.68. The van der Waals surface area contributed by atoms with Crippen LogP contribution in [0.3, 0.4) is 0 Å². The zero-order valence-corrected chi connectivity index (χ0v) is 10.5. The van der Waals surface area contributed by atoms with Crippen molar-refractivity contribution in [3.8, 4) is 5.75 Å². The molecule has 0 aromatic heterocycles. The lowest BCUT2D eigenvalue weighted by Crippen LogP contribution is -2.25. The van der Waals surface area contributed by atoms with E-state index >= 15 is 0 Å². The van der Waals surface area contributed by atoms with Gasteiger partial charge in [-0.2, -0.15) is 0 Å². The van der Waals surface area contributed by atoms with E-state index in [1.165, 1.54) is 13.2 Å². The number of nitrogens with zero attached hydrogens (tertiary/aromatic N) is 1. The summed E-state index contributed by atoms with van der Waals surface area (Å²) in [7, 11) is -2.27. The molecule has 1 aromatic carbocycles. The molecule has 93 valence electrons. The van der Waals surface area contributed by atoms with E-state index in [-0.39, 0.29) is 11.3 Å². The highest BCUT2D eigenvalue weighted by molar-refractivity contribution is 7.89. The van der Waals surface area contributed by atoms with Crippen LogP contribution < -0.4 is 9.46 Å². The first-order valence-electron chi connectivity index (χ1n) is 5.13. The fourth-order valence-corrected chi connectivity index (χ4v) is 2.26. The number of hydrogen-bond donors (Lipinski definition) is 0. The number of ether oxygens (including phenoxy) is 1. The number of rotatable bonds is 5. The SMILES string of the molecule is CCCS(=O)(=O)[N]C(=O)c1ccccc1OC. The Hall–Kier alpha value is -1.56. The average molecular weight is 256 g/mol. The lowest BCUT2D eigenvalue weighted by atomic mass is 10.2. The van der Waals surface area contributed by atoms with Gasteiger partial charge >= 0.3 is 0 Å². The zero-order valence-electron chi connectivity index (χ0n) is 9.71. The van der Waals surface area contributed by atoms with Crippen LogP contribution in [0.2, 0.25) is 0 Å². The third-order valence-corrected chi connectivity index (χ3v) is 3.39. The highest BCUT2D eigenvalue weighted by Gasteiger charge is 2.20. The Balaban J connectivity index is 2.91. The van der Waals surface area contributed by atoms with Crippen molar-refractivity contribution < 1.29 is 17.9 Å². The van der Waals surface area contributed by atoms with Crippen LogP contribution in [0.25, 0.3) is 0 Å². The van der Waals surface area contributed by atoms with Crippen molar-refractivity contribution in [3.05, 3.63) is 29.8 Å². The highest BCUT2D eigenvalue weighted by Crippen LogP contribution is 2.17. The van der Waals surface area contributed by atoms with Gasteiger partial charge in [0.1, 0.15) is 5.75 Å². The molecule has 17 heavy (non-hydrogen) atoms. The summed E-state index contributed by atoms with van der Waals surface area (Å²) < 4.78 is 31.0. The quantitative estimate of drug-likeness (QED) is 0.792. The molecule has 1 amide bonds. The summed E-state index contributed by atoms with van der Waals surface area (Å²) in [5.74, 6) is -0.614. The van der Waals surface area contributed by atoms with Crippen LogP contribution in [0.4, 0.5) is 0 Å². The van der Waals surface area contributed by atoms with Crippen LogP contribution in [0, 0.1) is 0 Å². The Labute approximate surface area is 101 Å². The van der Waals surface area contributed by atoms with Crippen molar-refractivity contribution in [2.24, 2.45) is 0 Å². The van der Waals surface area contributed by atoms with Crippen LogP contribution in [-0.4, -0.2) is 27.2 Å². The van der Waals surface area contributed by atoms with E-state index in [1.807, 2.05) is 0 Å². The van der Waals surface area contributed by atoms with Crippen LogP contribution in [-0.2, 0) is 10.0 Å². The standard InChI is InChI=1S/C11H14NO4S/c1-3-8-17(14,15)12-11(13)9-6-4-5-7-10(9)16-2/h4-7H,3,8H2,1-2H3. The number of sulfonamides is 1. The molecule has 1 rings (SSSR count). The predicted octanol–water partition coefficient (Wildman–Crippen LogP) is 1.18. The molecule has 0 saturated carbocycles. The van der Waals surface area contributed by atoms with Crippen LogP contribution in [0.15, 0.2) is 24.3 Å². The molecule has 0 saturated heterocycles. The molecule has 0 aliphatic rings.